The summed E-state index contributed by atoms with van der Waals surface area (Å²) in [7, 11) is 0. The minimum atomic E-state index is -0.322. The van der Waals surface area contributed by atoms with Crippen LogP contribution in [0.5, 0.6) is 0 Å². The van der Waals surface area contributed by atoms with Gasteiger partial charge in [-0.1, -0.05) is 13.3 Å². The molecule has 1 aliphatic heterocycles. The highest BCUT2D eigenvalue weighted by atomic mass is 16.1. The number of rotatable bonds is 4. The van der Waals surface area contributed by atoms with Crippen molar-refractivity contribution in [3.05, 3.63) is 30.1 Å². The zero-order chi connectivity index (χ0) is 11.4. The number of nitrogens with one attached hydrogen (secondary N) is 1. The summed E-state index contributed by atoms with van der Waals surface area (Å²) in [6.07, 6.45) is 7.35. The largest absolute Gasteiger partial charge is 0.305 e. The molecule has 1 aromatic heterocycles. The summed E-state index contributed by atoms with van der Waals surface area (Å²) >= 11 is 0. The number of carbonyl (C=O) groups excluding carboxylic acids is 1. The van der Waals surface area contributed by atoms with Crippen LogP contribution in [0.4, 0.5) is 0 Å². The van der Waals surface area contributed by atoms with Crippen LogP contribution in [-0.2, 0) is 0 Å². The van der Waals surface area contributed by atoms with Crippen LogP contribution in [-0.4, -0.2) is 22.9 Å². The molecule has 0 bridgehead atoms. The topological polar surface area (TPSA) is 42.0 Å². The number of Topliss-reactive ketones (excluding diaryl/α,β-unsaturated/α-hetero) is 1. The van der Waals surface area contributed by atoms with Crippen molar-refractivity contribution < 1.29 is 4.79 Å². The molecule has 0 saturated carbocycles. The first kappa shape index (κ1) is 11.3. The van der Waals surface area contributed by atoms with Gasteiger partial charge in [0, 0.05) is 18.0 Å². The normalized spacial score (nSPS) is 24.6. The van der Waals surface area contributed by atoms with E-state index in [9.17, 15) is 4.79 Å². The van der Waals surface area contributed by atoms with Crippen LogP contribution >= 0.6 is 0 Å². The summed E-state index contributed by atoms with van der Waals surface area (Å²) in [6.45, 7) is 3.07. The molecule has 1 unspecified atom stereocenters. The molecule has 0 amide bonds. The van der Waals surface area contributed by atoms with Gasteiger partial charge in [-0.05, 0) is 37.9 Å². The zero-order valence-electron chi connectivity index (χ0n) is 9.70. The Balaban J connectivity index is 2.24. The van der Waals surface area contributed by atoms with Crippen LogP contribution < -0.4 is 5.32 Å². The van der Waals surface area contributed by atoms with Crippen molar-refractivity contribution in [2.24, 2.45) is 0 Å². The molecular formula is C13H18N2O. The van der Waals surface area contributed by atoms with Gasteiger partial charge >= 0.3 is 0 Å². The van der Waals surface area contributed by atoms with Gasteiger partial charge in [-0.25, -0.2) is 0 Å². The van der Waals surface area contributed by atoms with Crippen LogP contribution in [0.2, 0.25) is 0 Å². The Morgan fingerprint density at radius 1 is 1.62 bits per heavy atom. The Morgan fingerprint density at radius 2 is 2.50 bits per heavy atom. The van der Waals surface area contributed by atoms with Gasteiger partial charge in [-0.15, -0.1) is 0 Å². The Morgan fingerprint density at radius 3 is 3.06 bits per heavy atom. The number of hydrogen-bond acceptors (Lipinski definition) is 3. The first-order valence-corrected chi connectivity index (χ1v) is 5.98. The van der Waals surface area contributed by atoms with Crippen molar-refractivity contribution in [1.82, 2.24) is 10.3 Å². The SMILES string of the molecule is CCCC1(C(=O)c2cccnc2)CCCN1. The number of aromatic nitrogens is 1. The van der Waals surface area contributed by atoms with E-state index in [0.717, 1.165) is 37.8 Å². The Bertz CT molecular complexity index is 355. The molecule has 0 aliphatic carbocycles. The zero-order valence-corrected chi connectivity index (χ0v) is 9.70. The molecule has 0 radical (unpaired) electrons. The van der Waals surface area contributed by atoms with E-state index >= 15 is 0 Å². The maximum atomic E-state index is 12.5. The lowest BCUT2D eigenvalue weighted by Gasteiger charge is -2.27. The summed E-state index contributed by atoms with van der Waals surface area (Å²) in [6, 6.07) is 3.68. The van der Waals surface area contributed by atoms with Gasteiger partial charge < -0.3 is 5.32 Å². The third kappa shape index (κ3) is 2.00. The molecule has 1 aromatic rings. The Labute approximate surface area is 96.3 Å². The minimum Gasteiger partial charge on any atom is -0.305 e. The quantitative estimate of drug-likeness (QED) is 0.788. The summed E-state index contributed by atoms with van der Waals surface area (Å²) < 4.78 is 0. The molecule has 2 rings (SSSR count). The number of hydrogen-bond donors (Lipinski definition) is 1. The Hall–Kier alpha value is -1.22. The highest BCUT2D eigenvalue weighted by molar-refractivity contribution is 6.03. The van der Waals surface area contributed by atoms with E-state index < -0.39 is 0 Å². The number of carbonyl (C=O) groups is 1. The predicted octanol–water partition coefficient (Wildman–Crippen LogP) is 2.19. The maximum absolute atomic E-state index is 12.5. The van der Waals surface area contributed by atoms with Crippen LogP contribution in [0.25, 0.3) is 0 Å². The predicted molar refractivity (Wildman–Crippen MR) is 63.4 cm³/mol. The van der Waals surface area contributed by atoms with Crippen molar-refractivity contribution >= 4 is 5.78 Å². The first-order valence-electron chi connectivity index (χ1n) is 5.98. The molecule has 1 atom stereocenters. The molecule has 0 aromatic carbocycles. The lowest BCUT2D eigenvalue weighted by Crippen LogP contribution is -2.47. The summed E-state index contributed by atoms with van der Waals surface area (Å²) in [5.41, 5.74) is 0.406. The number of ketones is 1. The summed E-state index contributed by atoms with van der Waals surface area (Å²) in [5, 5.41) is 3.39. The van der Waals surface area contributed by atoms with Gasteiger partial charge in [0.1, 0.15) is 0 Å². The molecule has 86 valence electrons. The fourth-order valence-corrected chi connectivity index (χ4v) is 2.53. The minimum absolute atomic E-state index is 0.208. The van der Waals surface area contributed by atoms with E-state index in [0.29, 0.717) is 0 Å². The summed E-state index contributed by atoms with van der Waals surface area (Å²) in [5.74, 6) is 0.208. The third-order valence-corrected chi connectivity index (χ3v) is 3.28. The number of nitrogens with zero attached hydrogens (tertiary/aromatic N) is 1. The number of pyridine rings is 1. The van der Waals surface area contributed by atoms with Crippen LogP contribution in [0.15, 0.2) is 24.5 Å². The lowest BCUT2D eigenvalue weighted by molar-refractivity contribution is 0.0857. The van der Waals surface area contributed by atoms with Crippen molar-refractivity contribution in [2.45, 2.75) is 38.1 Å². The van der Waals surface area contributed by atoms with Gasteiger partial charge in [0.25, 0.3) is 0 Å². The van der Waals surface area contributed by atoms with Crippen molar-refractivity contribution in [3.8, 4) is 0 Å². The van der Waals surface area contributed by atoms with Gasteiger partial charge in [-0.2, -0.15) is 0 Å². The van der Waals surface area contributed by atoms with Gasteiger partial charge in [0.15, 0.2) is 5.78 Å². The molecule has 1 fully saturated rings. The molecule has 3 heteroatoms. The van der Waals surface area contributed by atoms with Crippen LogP contribution in [0, 0.1) is 0 Å². The van der Waals surface area contributed by atoms with Gasteiger partial charge in [0.2, 0.25) is 0 Å². The monoisotopic (exact) mass is 218 g/mol. The molecule has 16 heavy (non-hydrogen) atoms. The van der Waals surface area contributed by atoms with Crippen molar-refractivity contribution in [1.29, 1.82) is 0 Å². The highest BCUT2D eigenvalue weighted by Crippen LogP contribution is 2.28. The second-order valence-electron chi connectivity index (χ2n) is 4.43. The molecule has 2 heterocycles. The van der Waals surface area contributed by atoms with Gasteiger partial charge in [0.05, 0.1) is 5.54 Å². The van der Waals surface area contributed by atoms with Gasteiger partial charge in [-0.3, -0.25) is 9.78 Å². The third-order valence-electron chi connectivity index (χ3n) is 3.28. The van der Waals surface area contributed by atoms with E-state index in [4.69, 9.17) is 0 Å². The second-order valence-corrected chi connectivity index (χ2v) is 4.43. The molecule has 1 saturated heterocycles. The highest BCUT2D eigenvalue weighted by Gasteiger charge is 2.40. The van der Waals surface area contributed by atoms with E-state index in [1.807, 2.05) is 12.1 Å². The van der Waals surface area contributed by atoms with E-state index in [-0.39, 0.29) is 11.3 Å². The second kappa shape index (κ2) is 4.74. The summed E-state index contributed by atoms with van der Waals surface area (Å²) in [4.78, 5) is 16.5. The van der Waals surface area contributed by atoms with Crippen LogP contribution in [0.1, 0.15) is 43.0 Å². The van der Waals surface area contributed by atoms with E-state index in [1.54, 1.807) is 12.4 Å². The molecule has 3 nitrogen and oxygen atoms in total. The fraction of sp³-hybridized carbons (Fsp3) is 0.538. The molecule has 1 aliphatic rings. The van der Waals surface area contributed by atoms with Crippen molar-refractivity contribution in [3.63, 3.8) is 0 Å². The molecule has 1 N–H and O–H groups in total. The lowest BCUT2D eigenvalue weighted by atomic mass is 9.84. The molecule has 0 spiro atoms. The Kier molecular flexibility index (Phi) is 3.34. The standard InChI is InChI=1S/C13H18N2O/c1-2-6-13(7-4-9-15-13)12(16)11-5-3-8-14-10-11/h3,5,8,10,15H,2,4,6-7,9H2,1H3. The fourth-order valence-electron chi connectivity index (χ4n) is 2.53. The van der Waals surface area contributed by atoms with E-state index in [1.165, 1.54) is 0 Å². The first-order chi connectivity index (χ1) is 7.78. The smallest absolute Gasteiger partial charge is 0.184 e. The maximum Gasteiger partial charge on any atom is 0.184 e. The van der Waals surface area contributed by atoms with Crippen LogP contribution in [0.3, 0.4) is 0 Å². The van der Waals surface area contributed by atoms with E-state index in [2.05, 4.69) is 17.2 Å². The molecular weight excluding hydrogens is 200 g/mol. The average Bonchev–Trinajstić information content (AvgIpc) is 2.80. The average molecular weight is 218 g/mol. The van der Waals surface area contributed by atoms with Crippen molar-refractivity contribution in [2.75, 3.05) is 6.54 Å².